The Labute approximate surface area is 176 Å². The zero-order chi connectivity index (χ0) is 22.7. The molecule has 1 fully saturated rings. The van der Waals surface area contributed by atoms with Gasteiger partial charge in [0.15, 0.2) is 0 Å². The van der Waals surface area contributed by atoms with Gasteiger partial charge < -0.3 is 5.11 Å². The van der Waals surface area contributed by atoms with Crippen molar-refractivity contribution in [3.05, 3.63) is 65.5 Å². The maximum Gasteiger partial charge on any atom is 0.301 e. The van der Waals surface area contributed by atoms with E-state index in [4.69, 9.17) is 0 Å². The standard InChI is InChI=1S/C20H19N5O6/c1-12-15(10-21)19(26)23(13-5-3-2-4-6-13)20(27)16(12)11-22-17-8-7-14(24(28)29)9-18(17)25(30)31/h7-9,11,13,27H,2-6H2,1H3. The maximum absolute atomic E-state index is 12.8. The number of nitriles is 1. The molecule has 1 heterocycles. The van der Waals surface area contributed by atoms with Gasteiger partial charge in [0.2, 0.25) is 5.88 Å². The molecule has 0 bridgehead atoms. The fourth-order valence-corrected chi connectivity index (χ4v) is 3.79. The molecule has 1 N–H and O–H groups in total. The second kappa shape index (κ2) is 8.74. The van der Waals surface area contributed by atoms with Crippen LogP contribution in [0.1, 0.15) is 54.8 Å². The first kappa shape index (κ1) is 21.6. The number of benzene rings is 1. The lowest BCUT2D eigenvalue weighted by atomic mass is 9.94. The van der Waals surface area contributed by atoms with Gasteiger partial charge in [0.1, 0.15) is 17.3 Å². The van der Waals surface area contributed by atoms with E-state index in [-0.39, 0.29) is 34.3 Å². The molecule has 0 amide bonds. The SMILES string of the molecule is Cc1c(C=Nc2ccc([N+](=O)[O-])cc2[N+](=O)[O-])c(O)n(C2CCCCC2)c(=O)c1C#N. The van der Waals surface area contributed by atoms with Crippen LogP contribution in [0.3, 0.4) is 0 Å². The summed E-state index contributed by atoms with van der Waals surface area (Å²) in [7, 11) is 0. The summed E-state index contributed by atoms with van der Waals surface area (Å²) in [5.41, 5.74) is -1.63. The molecule has 0 spiro atoms. The molecule has 1 aliphatic rings. The first-order valence-electron chi connectivity index (χ1n) is 9.61. The Kier molecular flexibility index (Phi) is 6.10. The highest BCUT2D eigenvalue weighted by Gasteiger charge is 2.25. The van der Waals surface area contributed by atoms with Crippen molar-refractivity contribution in [3.8, 4) is 11.9 Å². The van der Waals surface area contributed by atoms with Gasteiger partial charge in [-0.25, -0.2) is 4.99 Å². The Bertz CT molecular complexity index is 1190. The molecule has 31 heavy (non-hydrogen) atoms. The number of nitro benzene ring substituents is 2. The zero-order valence-electron chi connectivity index (χ0n) is 16.6. The summed E-state index contributed by atoms with van der Waals surface area (Å²) >= 11 is 0. The number of aromatic hydroxyl groups is 1. The Morgan fingerprint density at radius 1 is 1.23 bits per heavy atom. The van der Waals surface area contributed by atoms with E-state index in [9.17, 15) is 35.4 Å². The fourth-order valence-electron chi connectivity index (χ4n) is 3.79. The highest BCUT2D eigenvalue weighted by Crippen LogP contribution is 2.34. The zero-order valence-corrected chi connectivity index (χ0v) is 16.6. The molecule has 0 radical (unpaired) electrons. The van der Waals surface area contributed by atoms with Gasteiger partial charge in [-0.2, -0.15) is 5.26 Å². The van der Waals surface area contributed by atoms with Gasteiger partial charge >= 0.3 is 5.69 Å². The summed E-state index contributed by atoms with van der Waals surface area (Å²) in [5, 5.41) is 42.5. The van der Waals surface area contributed by atoms with Crippen LogP contribution >= 0.6 is 0 Å². The lowest BCUT2D eigenvalue weighted by Gasteiger charge is -2.26. The average molecular weight is 425 g/mol. The van der Waals surface area contributed by atoms with Gasteiger partial charge in [0, 0.05) is 18.3 Å². The van der Waals surface area contributed by atoms with Crippen LogP contribution in [0, 0.1) is 38.5 Å². The minimum Gasteiger partial charge on any atom is -0.494 e. The number of hydrogen-bond acceptors (Lipinski definition) is 8. The number of rotatable bonds is 5. The molecule has 0 aliphatic heterocycles. The third-order valence-corrected chi connectivity index (χ3v) is 5.43. The average Bonchev–Trinajstić information content (AvgIpc) is 2.74. The lowest BCUT2D eigenvalue weighted by molar-refractivity contribution is -0.393. The van der Waals surface area contributed by atoms with Crippen LogP contribution in [0.25, 0.3) is 0 Å². The molecule has 1 aliphatic carbocycles. The molecule has 2 aromatic rings. The summed E-state index contributed by atoms with van der Waals surface area (Å²) in [5.74, 6) is -0.360. The molecule has 1 aromatic heterocycles. The largest absolute Gasteiger partial charge is 0.494 e. The van der Waals surface area contributed by atoms with E-state index in [2.05, 4.69) is 4.99 Å². The number of nitro groups is 2. The minimum atomic E-state index is -0.796. The summed E-state index contributed by atoms with van der Waals surface area (Å²) in [4.78, 5) is 37.5. The molecular weight excluding hydrogens is 406 g/mol. The number of pyridine rings is 1. The van der Waals surface area contributed by atoms with Gasteiger partial charge in [-0.05, 0) is 31.4 Å². The second-order valence-electron chi connectivity index (χ2n) is 7.26. The highest BCUT2D eigenvalue weighted by molar-refractivity contribution is 5.88. The maximum atomic E-state index is 12.8. The topological polar surface area (TPSA) is 165 Å². The Morgan fingerprint density at radius 3 is 2.48 bits per heavy atom. The van der Waals surface area contributed by atoms with Crippen molar-refractivity contribution in [2.45, 2.75) is 45.1 Å². The molecular formula is C20H19N5O6. The fraction of sp³-hybridized carbons (Fsp3) is 0.350. The van der Waals surface area contributed by atoms with Crippen LogP contribution in [-0.4, -0.2) is 25.7 Å². The van der Waals surface area contributed by atoms with E-state index in [1.54, 1.807) is 0 Å². The van der Waals surface area contributed by atoms with Crippen LogP contribution in [0.4, 0.5) is 17.1 Å². The quantitative estimate of drug-likeness (QED) is 0.432. The molecule has 0 unspecified atom stereocenters. The van der Waals surface area contributed by atoms with E-state index in [1.807, 2.05) is 6.07 Å². The van der Waals surface area contributed by atoms with Crippen LogP contribution in [0.2, 0.25) is 0 Å². The summed E-state index contributed by atoms with van der Waals surface area (Å²) in [6.45, 7) is 1.48. The van der Waals surface area contributed by atoms with E-state index in [0.717, 1.165) is 43.7 Å². The van der Waals surface area contributed by atoms with E-state index in [0.29, 0.717) is 12.8 Å². The van der Waals surface area contributed by atoms with Crippen molar-refractivity contribution in [1.29, 1.82) is 5.26 Å². The predicted octanol–water partition coefficient (Wildman–Crippen LogP) is 3.81. The van der Waals surface area contributed by atoms with Crippen LogP contribution in [-0.2, 0) is 0 Å². The first-order chi connectivity index (χ1) is 14.8. The minimum absolute atomic E-state index is 0.0920. The number of hydrogen-bond donors (Lipinski definition) is 1. The normalized spacial score (nSPS) is 14.5. The number of non-ortho nitro benzene ring substituents is 1. The van der Waals surface area contributed by atoms with Crippen molar-refractivity contribution in [3.63, 3.8) is 0 Å². The Balaban J connectivity index is 2.15. The van der Waals surface area contributed by atoms with Crippen LogP contribution < -0.4 is 5.56 Å². The van der Waals surface area contributed by atoms with E-state index in [1.165, 1.54) is 11.5 Å². The molecule has 1 aromatic carbocycles. The van der Waals surface area contributed by atoms with Crippen LogP contribution in [0.15, 0.2) is 28.0 Å². The molecule has 3 rings (SSSR count). The summed E-state index contributed by atoms with van der Waals surface area (Å²) in [6.07, 6.45) is 5.33. The highest BCUT2D eigenvalue weighted by atomic mass is 16.6. The molecule has 1 saturated carbocycles. The number of nitrogens with zero attached hydrogens (tertiary/aromatic N) is 5. The van der Waals surface area contributed by atoms with Crippen molar-refractivity contribution in [2.24, 2.45) is 4.99 Å². The molecule has 11 heteroatoms. The number of aromatic nitrogens is 1. The molecule has 0 saturated heterocycles. The van der Waals surface area contributed by atoms with Gasteiger partial charge in [0.05, 0.1) is 21.5 Å². The van der Waals surface area contributed by atoms with E-state index < -0.39 is 26.8 Å². The Hall–Kier alpha value is -4.07. The smallest absolute Gasteiger partial charge is 0.301 e. The van der Waals surface area contributed by atoms with Gasteiger partial charge in [-0.3, -0.25) is 29.6 Å². The van der Waals surface area contributed by atoms with Crippen molar-refractivity contribution < 1.29 is 15.0 Å². The molecule has 0 atom stereocenters. The third kappa shape index (κ3) is 4.13. The second-order valence-corrected chi connectivity index (χ2v) is 7.26. The first-order valence-corrected chi connectivity index (χ1v) is 9.61. The van der Waals surface area contributed by atoms with Gasteiger partial charge in [0.25, 0.3) is 11.2 Å². The van der Waals surface area contributed by atoms with Gasteiger partial charge in [-0.1, -0.05) is 19.3 Å². The Morgan fingerprint density at radius 2 is 1.90 bits per heavy atom. The van der Waals surface area contributed by atoms with E-state index >= 15 is 0 Å². The number of aliphatic imine (C=N–C) groups is 1. The lowest BCUT2D eigenvalue weighted by Crippen LogP contribution is -2.30. The molecule has 160 valence electrons. The van der Waals surface area contributed by atoms with Crippen molar-refractivity contribution in [1.82, 2.24) is 4.57 Å². The molecule has 11 nitrogen and oxygen atoms in total. The van der Waals surface area contributed by atoms with Crippen LogP contribution in [0.5, 0.6) is 5.88 Å². The summed E-state index contributed by atoms with van der Waals surface area (Å²) < 4.78 is 1.20. The van der Waals surface area contributed by atoms with Crippen molar-refractivity contribution in [2.75, 3.05) is 0 Å². The monoisotopic (exact) mass is 425 g/mol. The van der Waals surface area contributed by atoms with Crippen molar-refractivity contribution >= 4 is 23.3 Å². The third-order valence-electron chi connectivity index (χ3n) is 5.43. The summed E-state index contributed by atoms with van der Waals surface area (Å²) in [6, 6.07) is 4.61. The van der Waals surface area contributed by atoms with Gasteiger partial charge in [-0.15, -0.1) is 0 Å². The predicted molar refractivity (Wildman–Crippen MR) is 111 cm³/mol.